The second-order valence-corrected chi connectivity index (χ2v) is 11.2. The first-order valence-corrected chi connectivity index (χ1v) is 12.6. The summed E-state index contributed by atoms with van der Waals surface area (Å²) in [4.78, 5) is 26.0. The summed E-state index contributed by atoms with van der Waals surface area (Å²) in [5, 5.41) is 5.81. The van der Waals surface area contributed by atoms with Crippen LogP contribution < -0.4 is 4.90 Å². The molecule has 5 rings (SSSR count). The van der Waals surface area contributed by atoms with E-state index in [-0.39, 0.29) is 6.09 Å². The number of likely N-dealkylation sites (tertiary alicyclic amines) is 1. The Balaban J connectivity index is 1.40. The van der Waals surface area contributed by atoms with Gasteiger partial charge in [-0.25, -0.2) is 19.4 Å². The van der Waals surface area contributed by atoms with E-state index in [2.05, 4.69) is 35.9 Å². The quantitative estimate of drug-likeness (QED) is 0.529. The van der Waals surface area contributed by atoms with Crippen LogP contribution in [0.1, 0.15) is 63.4 Å². The highest BCUT2D eigenvalue weighted by Gasteiger charge is 2.29. The molecule has 35 heavy (non-hydrogen) atoms. The number of anilines is 1. The molecule has 4 heterocycles. The van der Waals surface area contributed by atoms with Crippen molar-refractivity contribution < 1.29 is 9.53 Å². The zero-order valence-electron chi connectivity index (χ0n) is 21.7. The molecule has 2 aliphatic rings. The summed E-state index contributed by atoms with van der Waals surface area (Å²) in [5.41, 5.74) is 3.18. The van der Waals surface area contributed by atoms with E-state index in [0.717, 1.165) is 54.3 Å². The van der Waals surface area contributed by atoms with Gasteiger partial charge in [-0.1, -0.05) is 6.92 Å². The van der Waals surface area contributed by atoms with Gasteiger partial charge < -0.3 is 14.5 Å². The van der Waals surface area contributed by atoms with Crippen LogP contribution in [-0.4, -0.2) is 62.5 Å². The number of fused-ring (bicyclic) bond motifs is 1. The molecule has 2 aliphatic heterocycles. The number of carbonyl (C=O) groups is 1. The van der Waals surface area contributed by atoms with Crippen molar-refractivity contribution in [3.63, 3.8) is 0 Å². The normalized spacial score (nSPS) is 17.7. The number of carbonyl (C=O) groups excluding carboxylic acids is 1. The minimum Gasteiger partial charge on any atom is -0.444 e. The Morgan fingerprint density at radius 3 is 2.37 bits per heavy atom. The minimum absolute atomic E-state index is 0.215. The molecule has 2 aromatic heterocycles. The summed E-state index contributed by atoms with van der Waals surface area (Å²) >= 11 is 0. The Labute approximate surface area is 207 Å². The topological polar surface area (TPSA) is 76.4 Å². The van der Waals surface area contributed by atoms with E-state index in [4.69, 9.17) is 14.8 Å². The Bertz CT molecular complexity index is 1250. The van der Waals surface area contributed by atoms with Crippen molar-refractivity contribution >= 4 is 22.8 Å². The van der Waals surface area contributed by atoms with Crippen molar-refractivity contribution in [2.75, 3.05) is 31.1 Å². The van der Waals surface area contributed by atoms with Gasteiger partial charge in [-0.15, -0.1) is 0 Å². The van der Waals surface area contributed by atoms with Crippen LogP contribution in [0.2, 0.25) is 0 Å². The van der Waals surface area contributed by atoms with E-state index < -0.39 is 5.60 Å². The molecule has 1 aromatic carbocycles. The number of benzene rings is 1. The third-order valence-corrected chi connectivity index (χ3v) is 6.96. The Morgan fingerprint density at radius 1 is 1.03 bits per heavy atom. The molecular formula is C27H36N6O2. The van der Waals surface area contributed by atoms with E-state index in [1.807, 2.05) is 49.5 Å². The zero-order chi connectivity index (χ0) is 24.9. The van der Waals surface area contributed by atoms with Gasteiger partial charge in [0, 0.05) is 37.6 Å². The van der Waals surface area contributed by atoms with Gasteiger partial charge in [-0.05, 0) is 82.6 Å². The van der Waals surface area contributed by atoms with Crippen LogP contribution in [0, 0.1) is 19.8 Å². The number of amides is 1. The third kappa shape index (κ3) is 4.83. The highest BCUT2D eigenvalue weighted by Crippen LogP contribution is 2.34. The zero-order valence-corrected chi connectivity index (χ0v) is 21.7. The van der Waals surface area contributed by atoms with Gasteiger partial charge in [0.2, 0.25) is 0 Å². The first kappa shape index (κ1) is 23.6. The summed E-state index contributed by atoms with van der Waals surface area (Å²) < 4.78 is 7.51. The molecule has 8 heteroatoms. The van der Waals surface area contributed by atoms with Gasteiger partial charge in [-0.3, -0.25) is 0 Å². The van der Waals surface area contributed by atoms with E-state index >= 15 is 0 Å². The predicted octanol–water partition coefficient (Wildman–Crippen LogP) is 5.00. The molecule has 3 aromatic rings. The fourth-order valence-corrected chi connectivity index (χ4v) is 5.22. The van der Waals surface area contributed by atoms with Crippen LogP contribution in [0.3, 0.4) is 0 Å². The molecule has 0 saturated carbocycles. The average molecular weight is 477 g/mol. The summed E-state index contributed by atoms with van der Waals surface area (Å²) in [5.74, 6) is 3.62. The van der Waals surface area contributed by atoms with Crippen molar-refractivity contribution in [3.05, 3.63) is 41.3 Å². The summed E-state index contributed by atoms with van der Waals surface area (Å²) in [7, 11) is 0. The van der Waals surface area contributed by atoms with Crippen molar-refractivity contribution in [2.45, 2.75) is 65.9 Å². The van der Waals surface area contributed by atoms with E-state index in [0.29, 0.717) is 24.9 Å². The van der Waals surface area contributed by atoms with E-state index in [1.165, 1.54) is 11.1 Å². The van der Waals surface area contributed by atoms with Crippen LogP contribution in [0.15, 0.2) is 24.4 Å². The number of piperidine rings is 1. The first-order valence-electron chi connectivity index (χ1n) is 12.6. The number of hydrogen-bond donors (Lipinski definition) is 0. The monoisotopic (exact) mass is 476 g/mol. The molecule has 0 radical (unpaired) electrons. The van der Waals surface area contributed by atoms with Gasteiger partial charge in [-0.2, -0.15) is 5.10 Å². The van der Waals surface area contributed by atoms with Gasteiger partial charge in [0.05, 0.1) is 11.7 Å². The molecule has 0 atom stereocenters. The fourth-order valence-electron chi connectivity index (χ4n) is 5.22. The first-order chi connectivity index (χ1) is 16.6. The molecule has 0 bridgehead atoms. The number of aryl methyl sites for hydroxylation is 2. The SMILES string of the molecule is Cc1nc(N2CC(C)C2)cc(-n2ncc3cc(C)c(C4CCN(C(=O)OC(C)(C)C)CC4)cc32)n1. The van der Waals surface area contributed by atoms with Crippen LogP contribution in [0.25, 0.3) is 16.7 Å². The predicted molar refractivity (Wildman–Crippen MR) is 137 cm³/mol. The molecular weight excluding hydrogens is 440 g/mol. The molecule has 0 unspecified atom stereocenters. The van der Waals surface area contributed by atoms with Crippen molar-refractivity contribution in [1.29, 1.82) is 0 Å². The van der Waals surface area contributed by atoms with Crippen molar-refractivity contribution in [1.82, 2.24) is 24.6 Å². The van der Waals surface area contributed by atoms with Crippen LogP contribution in [-0.2, 0) is 4.74 Å². The molecule has 0 spiro atoms. The van der Waals surface area contributed by atoms with Gasteiger partial charge in [0.1, 0.15) is 17.2 Å². The lowest BCUT2D eigenvalue weighted by molar-refractivity contribution is 0.0205. The molecule has 2 fully saturated rings. The second kappa shape index (κ2) is 8.81. The standard InChI is InChI=1S/C27H36N6O2/c1-17-15-32(16-17)24-13-25(30-19(3)29-24)33-23-12-22(18(2)11-21(23)14-28-33)20-7-9-31(10-8-20)26(34)35-27(4,5)6/h11-14,17,20H,7-10,15-16H2,1-6H3. The van der Waals surface area contributed by atoms with Gasteiger partial charge in [0.25, 0.3) is 0 Å². The largest absolute Gasteiger partial charge is 0.444 e. The highest BCUT2D eigenvalue weighted by atomic mass is 16.6. The summed E-state index contributed by atoms with van der Waals surface area (Å²) in [6.07, 6.45) is 3.54. The smallest absolute Gasteiger partial charge is 0.410 e. The number of ether oxygens (including phenoxy) is 1. The van der Waals surface area contributed by atoms with E-state index in [9.17, 15) is 4.79 Å². The number of rotatable bonds is 3. The maximum atomic E-state index is 12.5. The Kier molecular flexibility index (Phi) is 5.93. The van der Waals surface area contributed by atoms with Crippen molar-refractivity contribution in [2.24, 2.45) is 5.92 Å². The summed E-state index contributed by atoms with van der Waals surface area (Å²) in [6.45, 7) is 15.6. The minimum atomic E-state index is -0.471. The maximum Gasteiger partial charge on any atom is 0.410 e. The second-order valence-electron chi connectivity index (χ2n) is 11.2. The lowest BCUT2D eigenvalue weighted by atomic mass is 9.86. The number of hydrogen-bond acceptors (Lipinski definition) is 6. The molecule has 8 nitrogen and oxygen atoms in total. The molecule has 2 saturated heterocycles. The Hall–Kier alpha value is -3.16. The van der Waals surface area contributed by atoms with Gasteiger partial charge in [0.15, 0.2) is 5.82 Å². The number of nitrogens with zero attached hydrogens (tertiary/aromatic N) is 6. The van der Waals surface area contributed by atoms with Crippen LogP contribution >= 0.6 is 0 Å². The molecule has 186 valence electrons. The molecule has 0 aliphatic carbocycles. The molecule has 0 N–H and O–H groups in total. The highest BCUT2D eigenvalue weighted by molar-refractivity contribution is 5.82. The third-order valence-electron chi connectivity index (χ3n) is 6.96. The van der Waals surface area contributed by atoms with Crippen molar-refractivity contribution in [3.8, 4) is 5.82 Å². The van der Waals surface area contributed by atoms with E-state index in [1.54, 1.807) is 0 Å². The Morgan fingerprint density at radius 2 is 1.71 bits per heavy atom. The lowest BCUT2D eigenvalue weighted by Crippen LogP contribution is -2.45. The average Bonchev–Trinajstić information content (AvgIpc) is 3.17. The molecule has 1 amide bonds. The lowest BCUT2D eigenvalue weighted by Gasteiger charge is -2.38. The van der Waals surface area contributed by atoms with Crippen LogP contribution in [0.5, 0.6) is 0 Å². The number of aromatic nitrogens is 4. The summed E-state index contributed by atoms with van der Waals surface area (Å²) in [6, 6.07) is 6.54. The van der Waals surface area contributed by atoms with Gasteiger partial charge >= 0.3 is 6.09 Å². The maximum absolute atomic E-state index is 12.5. The van der Waals surface area contributed by atoms with Crippen LogP contribution in [0.4, 0.5) is 10.6 Å². The fraction of sp³-hybridized carbons (Fsp3) is 0.556.